The summed E-state index contributed by atoms with van der Waals surface area (Å²) >= 11 is 0. The first-order valence-corrected chi connectivity index (χ1v) is 11.4. The minimum atomic E-state index is -3.89. The van der Waals surface area contributed by atoms with Crippen molar-refractivity contribution >= 4 is 31.7 Å². The van der Waals surface area contributed by atoms with Gasteiger partial charge in [-0.25, -0.2) is 16.8 Å². The average Bonchev–Trinajstić information content (AvgIpc) is 2.65. The molecule has 2 aromatic rings. The number of nitrogens with one attached hydrogen (secondary N) is 3. The number of sulfone groups is 1. The highest BCUT2D eigenvalue weighted by atomic mass is 32.2. The second-order valence-electron chi connectivity index (χ2n) is 5.90. The fourth-order valence-corrected chi connectivity index (χ4v) is 3.96. The van der Waals surface area contributed by atoms with Gasteiger partial charge >= 0.3 is 0 Å². The summed E-state index contributed by atoms with van der Waals surface area (Å²) in [5.41, 5.74) is 4.37. The second-order valence-corrected chi connectivity index (χ2v) is 9.63. The molecule has 28 heavy (non-hydrogen) atoms. The number of hydrogen-bond acceptors (Lipinski definition) is 6. The molecule has 0 saturated carbocycles. The molecular weight excluding hydrogens is 406 g/mol. The van der Waals surface area contributed by atoms with Gasteiger partial charge in [0.1, 0.15) is 0 Å². The van der Waals surface area contributed by atoms with Crippen molar-refractivity contribution in [3.63, 3.8) is 0 Å². The third-order valence-electron chi connectivity index (χ3n) is 3.62. The van der Waals surface area contributed by atoms with Gasteiger partial charge in [-0.3, -0.25) is 20.4 Å². The number of carbonyl (C=O) groups is 2. The number of hydrogen-bond donors (Lipinski definition) is 3. The van der Waals surface area contributed by atoms with Gasteiger partial charge in [0.05, 0.1) is 15.8 Å². The third kappa shape index (κ3) is 5.62. The molecule has 9 nitrogen and oxygen atoms in total. The first-order valence-electron chi connectivity index (χ1n) is 7.98. The van der Waals surface area contributed by atoms with E-state index >= 15 is 0 Å². The summed E-state index contributed by atoms with van der Waals surface area (Å²) in [7, 11) is -7.28. The Morgan fingerprint density at radius 1 is 0.821 bits per heavy atom. The topological polar surface area (TPSA) is 139 Å². The quantitative estimate of drug-likeness (QED) is 0.566. The maximum atomic E-state index is 12.2. The number of carbonyl (C=O) groups excluding carboxylic acids is 2. The Bertz CT molecular complexity index is 1070. The van der Waals surface area contributed by atoms with Crippen LogP contribution < -0.4 is 15.6 Å². The lowest BCUT2D eigenvalue weighted by Gasteiger charge is -2.15. The maximum absolute atomic E-state index is 12.2. The Balaban J connectivity index is 1.95. The summed E-state index contributed by atoms with van der Waals surface area (Å²) in [6.07, 6.45) is 1.04. The average molecular weight is 425 g/mol. The van der Waals surface area contributed by atoms with E-state index in [9.17, 15) is 26.4 Å². The van der Waals surface area contributed by atoms with Crippen molar-refractivity contribution in [1.82, 2.24) is 15.6 Å². The summed E-state index contributed by atoms with van der Waals surface area (Å²) in [6.45, 7) is 1.32. The predicted molar refractivity (Wildman–Crippen MR) is 101 cm³/mol. The molecular formula is C17H19N3O6S2. The lowest BCUT2D eigenvalue weighted by atomic mass is 10.2. The monoisotopic (exact) mass is 425 g/mol. The van der Waals surface area contributed by atoms with Crippen molar-refractivity contribution in [2.45, 2.75) is 22.8 Å². The van der Waals surface area contributed by atoms with E-state index in [1.165, 1.54) is 43.3 Å². The Morgan fingerprint density at radius 3 is 1.93 bits per heavy atom. The Labute approximate surface area is 163 Å². The van der Waals surface area contributed by atoms with Crippen molar-refractivity contribution in [3.05, 3.63) is 60.2 Å². The van der Waals surface area contributed by atoms with Crippen LogP contribution in [0.1, 0.15) is 17.3 Å². The summed E-state index contributed by atoms with van der Waals surface area (Å²) in [5.74, 6) is -1.47. The summed E-state index contributed by atoms with van der Waals surface area (Å²) in [5, 5.41) is 0. The van der Waals surface area contributed by atoms with Gasteiger partial charge in [-0.15, -0.1) is 0 Å². The third-order valence-corrected chi connectivity index (χ3v) is 6.31. The molecule has 11 heteroatoms. The largest absolute Gasteiger partial charge is 0.271 e. The molecule has 2 amide bonds. The highest BCUT2D eigenvalue weighted by Gasteiger charge is 2.22. The standard InChI is InChI=1S/C17H19N3O6S2/c1-12(20-28(25,26)15-6-4-3-5-7-15)16(21)18-19-17(22)13-8-10-14(11-9-13)27(2,23)24/h3-12,20H,1-2H3,(H,18,21)(H,19,22)/t12-/m0/s1. The Kier molecular flexibility index (Phi) is 6.54. The number of sulfonamides is 1. The van der Waals surface area contributed by atoms with E-state index in [1.807, 2.05) is 0 Å². The number of amides is 2. The van der Waals surface area contributed by atoms with E-state index in [0.717, 1.165) is 6.26 Å². The number of hydrazine groups is 1. The minimum absolute atomic E-state index is 0.00431. The van der Waals surface area contributed by atoms with E-state index < -0.39 is 37.7 Å². The molecule has 3 N–H and O–H groups in total. The van der Waals surface area contributed by atoms with Gasteiger partial charge in [0.2, 0.25) is 10.0 Å². The van der Waals surface area contributed by atoms with Crippen LogP contribution in [0.4, 0.5) is 0 Å². The van der Waals surface area contributed by atoms with Crippen LogP contribution in [-0.2, 0) is 24.7 Å². The van der Waals surface area contributed by atoms with Gasteiger partial charge in [-0.1, -0.05) is 18.2 Å². The number of rotatable bonds is 6. The highest BCUT2D eigenvalue weighted by molar-refractivity contribution is 7.90. The van der Waals surface area contributed by atoms with E-state index in [4.69, 9.17) is 0 Å². The lowest BCUT2D eigenvalue weighted by Crippen LogP contribution is -2.51. The molecule has 2 rings (SSSR count). The van der Waals surface area contributed by atoms with E-state index in [0.29, 0.717) is 0 Å². The van der Waals surface area contributed by atoms with Crippen LogP contribution in [0.3, 0.4) is 0 Å². The molecule has 0 heterocycles. The zero-order valence-electron chi connectivity index (χ0n) is 15.0. The number of benzene rings is 2. The molecule has 0 saturated heterocycles. The second kappa shape index (κ2) is 8.50. The van der Waals surface area contributed by atoms with Crippen molar-refractivity contribution in [1.29, 1.82) is 0 Å². The van der Waals surface area contributed by atoms with Gasteiger partial charge in [0, 0.05) is 11.8 Å². The fourth-order valence-electron chi connectivity index (χ4n) is 2.11. The zero-order chi connectivity index (χ0) is 20.9. The first-order chi connectivity index (χ1) is 13.0. The summed E-state index contributed by atoms with van der Waals surface area (Å²) in [6, 6.07) is 11.5. The Morgan fingerprint density at radius 2 is 1.39 bits per heavy atom. The minimum Gasteiger partial charge on any atom is -0.271 e. The lowest BCUT2D eigenvalue weighted by molar-refractivity contribution is -0.123. The molecule has 0 bridgehead atoms. The molecule has 0 fully saturated rings. The van der Waals surface area contributed by atoms with Crippen LogP contribution >= 0.6 is 0 Å². The summed E-state index contributed by atoms with van der Waals surface area (Å²) in [4.78, 5) is 24.1. The van der Waals surface area contributed by atoms with Crippen LogP contribution in [-0.4, -0.2) is 40.9 Å². The van der Waals surface area contributed by atoms with Crippen LogP contribution in [0, 0.1) is 0 Å². The van der Waals surface area contributed by atoms with Gasteiger partial charge in [-0.05, 0) is 43.3 Å². The molecule has 2 aromatic carbocycles. The molecule has 0 aliphatic carbocycles. The maximum Gasteiger partial charge on any atom is 0.269 e. The fraction of sp³-hybridized carbons (Fsp3) is 0.176. The molecule has 0 aliphatic rings. The smallest absolute Gasteiger partial charge is 0.269 e. The van der Waals surface area contributed by atoms with Crippen LogP contribution in [0.2, 0.25) is 0 Å². The van der Waals surface area contributed by atoms with Crippen LogP contribution in [0.25, 0.3) is 0 Å². The highest BCUT2D eigenvalue weighted by Crippen LogP contribution is 2.10. The van der Waals surface area contributed by atoms with Crippen LogP contribution in [0.5, 0.6) is 0 Å². The van der Waals surface area contributed by atoms with Crippen LogP contribution in [0.15, 0.2) is 64.4 Å². The molecule has 0 aliphatic heterocycles. The predicted octanol–water partition coefficient (Wildman–Crippen LogP) is 0.218. The molecule has 0 unspecified atom stereocenters. The first kappa shape index (κ1) is 21.5. The van der Waals surface area contributed by atoms with Crippen molar-refractivity contribution in [3.8, 4) is 0 Å². The summed E-state index contributed by atoms with van der Waals surface area (Å²) < 4.78 is 49.4. The van der Waals surface area contributed by atoms with E-state index in [-0.39, 0.29) is 15.4 Å². The van der Waals surface area contributed by atoms with Gasteiger partial charge in [0.25, 0.3) is 11.8 Å². The molecule has 1 atom stereocenters. The molecule has 0 radical (unpaired) electrons. The molecule has 0 aromatic heterocycles. The van der Waals surface area contributed by atoms with E-state index in [1.54, 1.807) is 18.2 Å². The van der Waals surface area contributed by atoms with Crippen molar-refractivity contribution < 1.29 is 26.4 Å². The van der Waals surface area contributed by atoms with Gasteiger partial charge < -0.3 is 0 Å². The normalized spacial score (nSPS) is 12.8. The van der Waals surface area contributed by atoms with E-state index in [2.05, 4.69) is 15.6 Å². The zero-order valence-corrected chi connectivity index (χ0v) is 16.7. The Hall–Kier alpha value is -2.76. The van der Waals surface area contributed by atoms with Gasteiger partial charge in [-0.2, -0.15) is 4.72 Å². The van der Waals surface area contributed by atoms with Crippen molar-refractivity contribution in [2.24, 2.45) is 0 Å². The SMILES string of the molecule is C[C@H](NS(=O)(=O)c1ccccc1)C(=O)NNC(=O)c1ccc(S(C)(=O)=O)cc1. The van der Waals surface area contributed by atoms with Crippen molar-refractivity contribution in [2.75, 3.05) is 6.26 Å². The van der Waals surface area contributed by atoms with Gasteiger partial charge in [0.15, 0.2) is 9.84 Å². The molecule has 150 valence electrons. The molecule has 0 spiro atoms.